The summed E-state index contributed by atoms with van der Waals surface area (Å²) in [5.41, 5.74) is 5.83. The van der Waals surface area contributed by atoms with E-state index >= 15 is 0 Å². The smallest absolute Gasteiger partial charge is 0.336 e. The van der Waals surface area contributed by atoms with E-state index in [0.29, 0.717) is 31.0 Å². The third-order valence-corrected chi connectivity index (χ3v) is 7.45. The van der Waals surface area contributed by atoms with E-state index in [9.17, 15) is 19.5 Å². The van der Waals surface area contributed by atoms with Crippen LogP contribution >= 0.6 is 11.6 Å². The predicted octanol–water partition coefficient (Wildman–Crippen LogP) is 5.71. The minimum Gasteiger partial charge on any atom is -0.480 e. The van der Waals surface area contributed by atoms with E-state index in [1.807, 2.05) is 25.1 Å². The van der Waals surface area contributed by atoms with Crippen LogP contribution in [0.2, 0.25) is 5.02 Å². The number of halogens is 1. The van der Waals surface area contributed by atoms with E-state index in [-0.39, 0.29) is 6.61 Å². The number of rotatable bonds is 21. The van der Waals surface area contributed by atoms with Gasteiger partial charge in [-0.05, 0) is 87.3 Å². The number of carboxylic acids is 2. The highest BCUT2D eigenvalue weighted by atomic mass is 35.5. The van der Waals surface area contributed by atoms with Crippen molar-refractivity contribution in [1.82, 2.24) is 5.32 Å². The maximum atomic E-state index is 12.9. The number of carbonyl (C=O) groups is 3. The molecule has 0 spiro atoms. The summed E-state index contributed by atoms with van der Waals surface area (Å²) in [6.07, 6.45) is 3.95. The average molecular weight is 605 g/mol. The van der Waals surface area contributed by atoms with Crippen LogP contribution < -0.4 is 10.6 Å². The molecular weight excluding hydrogens is 560 g/mol. The summed E-state index contributed by atoms with van der Waals surface area (Å²) in [6, 6.07) is 12.3. The predicted molar refractivity (Wildman–Crippen MR) is 164 cm³/mol. The number of benzene rings is 2. The standard InChI is InChI=1S/C32H45ClN2O7/c1-22-12-14-25(19-24(22)3)11-7-5-4-6-8-17-35-31(38)29(30(32(39)40)42-21-28(36)37)41-18-10-9-16-34-26-15-13-23(2)27(33)20-26/h12-15,19-20,29-30,34H,4-11,16-18,21H2,1-3H3,(H,35,38)(H,36,37)(H,39,40). The molecule has 2 unspecified atom stereocenters. The Morgan fingerprint density at radius 3 is 2.17 bits per heavy atom. The lowest BCUT2D eigenvalue weighted by Crippen LogP contribution is -2.49. The summed E-state index contributed by atoms with van der Waals surface area (Å²) in [5.74, 6) is -3.42. The minimum absolute atomic E-state index is 0.106. The zero-order valence-corrected chi connectivity index (χ0v) is 25.7. The Morgan fingerprint density at radius 2 is 1.48 bits per heavy atom. The van der Waals surface area contributed by atoms with Crippen molar-refractivity contribution in [2.45, 2.75) is 84.3 Å². The Hall–Kier alpha value is -3.14. The zero-order valence-electron chi connectivity index (χ0n) is 24.9. The molecule has 0 bridgehead atoms. The van der Waals surface area contributed by atoms with Gasteiger partial charge in [0, 0.05) is 30.4 Å². The highest BCUT2D eigenvalue weighted by molar-refractivity contribution is 6.31. The Labute approximate surface area is 253 Å². The average Bonchev–Trinajstić information content (AvgIpc) is 2.94. The number of ether oxygens (including phenoxy) is 2. The van der Waals surface area contributed by atoms with Crippen LogP contribution in [0.25, 0.3) is 0 Å². The van der Waals surface area contributed by atoms with Crippen LogP contribution in [-0.2, 0) is 30.3 Å². The Bertz CT molecular complexity index is 1160. The molecule has 10 heteroatoms. The van der Waals surface area contributed by atoms with Crippen molar-refractivity contribution in [2.75, 3.05) is 31.6 Å². The van der Waals surface area contributed by atoms with Crippen LogP contribution in [-0.4, -0.2) is 66.6 Å². The Morgan fingerprint density at radius 1 is 0.786 bits per heavy atom. The lowest BCUT2D eigenvalue weighted by Gasteiger charge is -2.23. The second-order valence-corrected chi connectivity index (χ2v) is 11.0. The van der Waals surface area contributed by atoms with Gasteiger partial charge in [-0.3, -0.25) is 4.79 Å². The molecule has 42 heavy (non-hydrogen) atoms. The molecule has 0 fully saturated rings. The fourth-order valence-corrected chi connectivity index (χ4v) is 4.56. The molecule has 2 aromatic rings. The molecule has 0 saturated heterocycles. The first kappa shape index (κ1) is 35.1. The largest absolute Gasteiger partial charge is 0.480 e. The van der Waals surface area contributed by atoms with Crippen LogP contribution in [0.15, 0.2) is 36.4 Å². The summed E-state index contributed by atoms with van der Waals surface area (Å²) in [5, 5.41) is 25.2. The maximum absolute atomic E-state index is 12.9. The molecular formula is C32H45ClN2O7. The third-order valence-electron chi connectivity index (χ3n) is 7.05. The van der Waals surface area contributed by atoms with Gasteiger partial charge < -0.3 is 30.3 Å². The number of unbranched alkanes of at least 4 members (excludes halogenated alkanes) is 5. The quantitative estimate of drug-likeness (QED) is 0.133. The molecule has 0 radical (unpaired) electrons. The summed E-state index contributed by atoms with van der Waals surface area (Å²) < 4.78 is 10.7. The second-order valence-electron chi connectivity index (χ2n) is 10.6. The number of carbonyl (C=O) groups excluding carboxylic acids is 1. The van der Waals surface area contributed by atoms with Gasteiger partial charge in [0.1, 0.15) is 6.61 Å². The van der Waals surface area contributed by atoms with Gasteiger partial charge in [-0.1, -0.05) is 55.1 Å². The number of hydrogen-bond donors (Lipinski definition) is 4. The monoisotopic (exact) mass is 604 g/mol. The number of hydrogen-bond acceptors (Lipinski definition) is 6. The number of carboxylic acid groups (broad SMARTS) is 2. The topological polar surface area (TPSA) is 134 Å². The van der Waals surface area contributed by atoms with Crippen LogP contribution in [0.5, 0.6) is 0 Å². The third kappa shape index (κ3) is 13.2. The van der Waals surface area contributed by atoms with Crippen molar-refractivity contribution in [3.05, 3.63) is 63.7 Å². The summed E-state index contributed by atoms with van der Waals surface area (Å²) in [6.45, 7) is 6.41. The van der Waals surface area contributed by atoms with E-state index in [0.717, 1.165) is 49.8 Å². The maximum Gasteiger partial charge on any atom is 0.336 e. The molecule has 0 aliphatic rings. The summed E-state index contributed by atoms with van der Waals surface area (Å²) >= 11 is 6.15. The molecule has 0 aromatic heterocycles. The van der Waals surface area contributed by atoms with E-state index < -0.39 is 36.7 Å². The van der Waals surface area contributed by atoms with Crippen LogP contribution in [0.4, 0.5) is 5.69 Å². The molecule has 2 atom stereocenters. The number of anilines is 1. The van der Waals surface area contributed by atoms with Gasteiger partial charge >= 0.3 is 11.9 Å². The molecule has 1 amide bonds. The lowest BCUT2D eigenvalue weighted by molar-refractivity contribution is -0.172. The molecule has 2 rings (SSSR count). The molecule has 2 aromatic carbocycles. The minimum atomic E-state index is -1.74. The van der Waals surface area contributed by atoms with Crippen LogP contribution in [0, 0.1) is 20.8 Å². The van der Waals surface area contributed by atoms with Crippen molar-refractivity contribution >= 4 is 35.1 Å². The van der Waals surface area contributed by atoms with Gasteiger partial charge in [0.25, 0.3) is 5.91 Å². The molecule has 0 heterocycles. The molecule has 9 nitrogen and oxygen atoms in total. The lowest BCUT2D eigenvalue weighted by atomic mass is 10.0. The fourth-order valence-electron chi connectivity index (χ4n) is 4.38. The van der Waals surface area contributed by atoms with E-state index in [4.69, 9.17) is 26.2 Å². The van der Waals surface area contributed by atoms with Crippen LogP contribution in [0.3, 0.4) is 0 Å². The number of aliphatic carboxylic acids is 2. The first-order valence-electron chi connectivity index (χ1n) is 14.6. The van der Waals surface area contributed by atoms with Gasteiger partial charge in [-0.2, -0.15) is 0 Å². The highest BCUT2D eigenvalue weighted by Crippen LogP contribution is 2.20. The molecule has 4 N–H and O–H groups in total. The first-order chi connectivity index (χ1) is 20.1. The molecule has 232 valence electrons. The van der Waals surface area contributed by atoms with E-state index in [1.165, 1.54) is 16.7 Å². The number of amides is 1. The number of aryl methyl sites for hydroxylation is 4. The molecule has 0 aliphatic heterocycles. The summed E-state index contributed by atoms with van der Waals surface area (Å²) in [7, 11) is 0. The first-order valence-corrected chi connectivity index (χ1v) is 15.0. The zero-order chi connectivity index (χ0) is 30.9. The van der Waals surface area contributed by atoms with Gasteiger partial charge in [0.15, 0.2) is 12.2 Å². The number of nitrogens with one attached hydrogen (secondary N) is 2. The Kier molecular flexibility index (Phi) is 16.0. The van der Waals surface area contributed by atoms with Crippen LogP contribution in [0.1, 0.15) is 67.2 Å². The van der Waals surface area contributed by atoms with Gasteiger partial charge in [0.05, 0.1) is 0 Å². The van der Waals surface area contributed by atoms with Gasteiger partial charge in [0.2, 0.25) is 0 Å². The SMILES string of the molecule is Cc1ccc(CCCCCCCNC(=O)C(OCCCCNc2ccc(C)c(Cl)c2)C(OCC(=O)O)C(=O)O)cc1C. The fraction of sp³-hybridized carbons (Fsp3) is 0.531. The molecule has 0 saturated carbocycles. The van der Waals surface area contributed by atoms with Crippen molar-refractivity contribution < 1.29 is 34.1 Å². The summed E-state index contributed by atoms with van der Waals surface area (Å²) in [4.78, 5) is 35.7. The second kappa shape index (κ2) is 19.1. The van der Waals surface area contributed by atoms with Crippen molar-refractivity contribution in [1.29, 1.82) is 0 Å². The van der Waals surface area contributed by atoms with Crippen molar-refractivity contribution in [3.8, 4) is 0 Å². The highest BCUT2D eigenvalue weighted by Gasteiger charge is 2.36. The molecule has 0 aliphatic carbocycles. The van der Waals surface area contributed by atoms with E-state index in [2.05, 4.69) is 42.7 Å². The normalized spacial score (nSPS) is 12.5. The van der Waals surface area contributed by atoms with Gasteiger partial charge in [-0.25, -0.2) is 9.59 Å². The van der Waals surface area contributed by atoms with Crippen molar-refractivity contribution in [2.24, 2.45) is 0 Å². The Balaban J connectivity index is 1.74. The van der Waals surface area contributed by atoms with E-state index in [1.54, 1.807) is 0 Å². The van der Waals surface area contributed by atoms with Gasteiger partial charge in [-0.15, -0.1) is 0 Å². The van der Waals surface area contributed by atoms with Crippen molar-refractivity contribution in [3.63, 3.8) is 0 Å².